The molecule has 4 rings (SSSR count). The lowest BCUT2D eigenvalue weighted by molar-refractivity contribution is -0.132. The summed E-state index contributed by atoms with van der Waals surface area (Å²) in [5.41, 5.74) is 3.47. The van der Waals surface area contributed by atoms with Crippen molar-refractivity contribution in [2.75, 3.05) is 33.3 Å². The molecule has 1 saturated heterocycles. The lowest BCUT2D eigenvalue weighted by Gasteiger charge is -2.35. The van der Waals surface area contributed by atoms with Gasteiger partial charge in [-0.25, -0.2) is 4.68 Å². The van der Waals surface area contributed by atoms with E-state index in [1.807, 2.05) is 48.2 Å². The van der Waals surface area contributed by atoms with Crippen LogP contribution in [0.5, 0.6) is 5.75 Å². The summed E-state index contributed by atoms with van der Waals surface area (Å²) in [6.45, 7) is 4.08. The maximum absolute atomic E-state index is 13.0. The summed E-state index contributed by atoms with van der Waals surface area (Å²) >= 11 is 0. The average molecular weight is 435 g/mol. The van der Waals surface area contributed by atoms with Crippen molar-refractivity contribution in [3.8, 4) is 11.4 Å². The van der Waals surface area contributed by atoms with Gasteiger partial charge in [-0.3, -0.25) is 9.59 Å². The molecule has 1 aromatic heterocycles. The molecule has 1 fully saturated rings. The van der Waals surface area contributed by atoms with E-state index in [1.54, 1.807) is 22.8 Å². The molecule has 9 nitrogen and oxygen atoms in total. The Bertz CT molecular complexity index is 1070. The SMILES string of the molecule is COc1ccc(CCC(=O)N2CCN(C(=O)c3ccc(-n4cnnn4)c(C)c3)CC2)cc1. The Kier molecular flexibility index (Phi) is 6.44. The van der Waals surface area contributed by atoms with Gasteiger partial charge in [0.15, 0.2) is 0 Å². The zero-order chi connectivity index (χ0) is 22.5. The van der Waals surface area contributed by atoms with Crippen LogP contribution in [0.15, 0.2) is 48.8 Å². The number of benzene rings is 2. The summed E-state index contributed by atoms with van der Waals surface area (Å²) in [6.07, 6.45) is 2.67. The van der Waals surface area contributed by atoms with Crippen LogP contribution in [0.1, 0.15) is 27.9 Å². The lowest BCUT2D eigenvalue weighted by Crippen LogP contribution is -2.50. The van der Waals surface area contributed by atoms with E-state index in [9.17, 15) is 9.59 Å². The molecule has 0 N–H and O–H groups in total. The van der Waals surface area contributed by atoms with Crippen molar-refractivity contribution in [3.63, 3.8) is 0 Å². The fourth-order valence-corrected chi connectivity index (χ4v) is 3.86. The molecule has 1 aliphatic heterocycles. The molecule has 2 heterocycles. The third-order valence-electron chi connectivity index (χ3n) is 5.75. The number of aromatic nitrogens is 4. The molecule has 32 heavy (non-hydrogen) atoms. The minimum Gasteiger partial charge on any atom is -0.497 e. The summed E-state index contributed by atoms with van der Waals surface area (Å²) in [5, 5.41) is 11.2. The number of nitrogens with zero attached hydrogens (tertiary/aromatic N) is 6. The van der Waals surface area contributed by atoms with Crippen LogP contribution in [0.3, 0.4) is 0 Å². The Balaban J connectivity index is 1.29. The van der Waals surface area contributed by atoms with E-state index < -0.39 is 0 Å². The van der Waals surface area contributed by atoms with Crippen molar-refractivity contribution in [2.24, 2.45) is 0 Å². The highest BCUT2D eigenvalue weighted by Gasteiger charge is 2.25. The van der Waals surface area contributed by atoms with Crippen LogP contribution in [-0.2, 0) is 11.2 Å². The number of aryl methyl sites for hydroxylation is 2. The van der Waals surface area contributed by atoms with Crippen molar-refractivity contribution < 1.29 is 14.3 Å². The third kappa shape index (κ3) is 4.77. The topological polar surface area (TPSA) is 93.5 Å². The molecule has 0 radical (unpaired) electrons. The zero-order valence-electron chi connectivity index (χ0n) is 18.3. The highest BCUT2D eigenvalue weighted by molar-refractivity contribution is 5.95. The van der Waals surface area contributed by atoms with E-state index in [-0.39, 0.29) is 11.8 Å². The molecule has 0 unspecified atom stereocenters. The lowest BCUT2D eigenvalue weighted by atomic mass is 10.1. The molecule has 1 aliphatic rings. The molecule has 0 saturated carbocycles. The molecule has 0 atom stereocenters. The standard InChI is InChI=1S/C23H26N6O3/c1-17-15-19(6-9-21(17)29-16-24-25-26-29)23(31)28-13-11-27(12-14-28)22(30)10-5-18-3-7-20(32-2)8-4-18/h3-4,6-9,15-16H,5,10-14H2,1-2H3. The van der Waals surface area contributed by atoms with E-state index in [0.717, 1.165) is 22.6 Å². The summed E-state index contributed by atoms with van der Waals surface area (Å²) in [7, 11) is 1.63. The van der Waals surface area contributed by atoms with Gasteiger partial charge in [-0.1, -0.05) is 12.1 Å². The highest BCUT2D eigenvalue weighted by atomic mass is 16.5. The van der Waals surface area contributed by atoms with Gasteiger partial charge >= 0.3 is 0 Å². The van der Waals surface area contributed by atoms with E-state index >= 15 is 0 Å². The van der Waals surface area contributed by atoms with Crippen LogP contribution in [0.4, 0.5) is 0 Å². The molecule has 2 amide bonds. The number of tetrazole rings is 1. The van der Waals surface area contributed by atoms with Gasteiger partial charge in [-0.15, -0.1) is 5.10 Å². The first kappa shape index (κ1) is 21.5. The summed E-state index contributed by atoms with van der Waals surface area (Å²) < 4.78 is 6.73. The highest BCUT2D eigenvalue weighted by Crippen LogP contribution is 2.18. The van der Waals surface area contributed by atoms with Gasteiger partial charge in [-0.2, -0.15) is 0 Å². The molecule has 2 aromatic carbocycles. The predicted octanol–water partition coefficient (Wildman–Crippen LogP) is 1.90. The summed E-state index contributed by atoms with van der Waals surface area (Å²) in [4.78, 5) is 29.2. The van der Waals surface area contributed by atoms with Gasteiger partial charge in [0.05, 0.1) is 12.8 Å². The van der Waals surface area contributed by atoms with E-state index in [4.69, 9.17) is 4.74 Å². The largest absolute Gasteiger partial charge is 0.497 e. The summed E-state index contributed by atoms with van der Waals surface area (Å²) in [6, 6.07) is 13.3. The molecule has 9 heteroatoms. The predicted molar refractivity (Wildman–Crippen MR) is 118 cm³/mol. The van der Waals surface area contributed by atoms with Crippen LogP contribution in [0.25, 0.3) is 5.69 Å². The Morgan fingerprint density at radius 1 is 1.00 bits per heavy atom. The maximum Gasteiger partial charge on any atom is 0.253 e. The molecule has 0 aliphatic carbocycles. The van der Waals surface area contributed by atoms with Crippen molar-refractivity contribution in [1.29, 1.82) is 0 Å². The van der Waals surface area contributed by atoms with Crippen LogP contribution < -0.4 is 4.74 Å². The molecule has 0 bridgehead atoms. The van der Waals surface area contributed by atoms with Gasteiger partial charge in [0.2, 0.25) is 5.91 Å². The van der Waals surface area contributed by atoms with E-state index in [1.165, 1.54) is 6.33 Å². The van der Waals surface area contributed by atoms with Crippen LogP contribution in [-0.4, -0.2) is 75.1 Å². The first-order valence-corrected chi connectivity index (χ1v) is 10.6. The number of piperazine rings is 1. The first-order valence-electron chi connectivity index (χ1n) is 10.6. The Hall–Kier alpha value is -3.75. The van der Waals surface area contributed by atoms with Crippen LogP contribution in [0, 0.1) is 6.92 Å². The van der Waals surface area contributed by atoms with Gasteiger partial charge < -0.3 is 14.5 Å². The monoisotopic (exact) mass is 434 g/mol. The first-order chi connectivity index (χ1) is 15.5. The van der Waals surface area contributed by atoms with Crippen molar-refractivity contribution in [2.45, 2.75) is 19.8 Å². The number of carbonyl (C=O) groups is 2. The number of hydrogen-bond donors (Lipinski definition) is 0. The number of rotatable bonds is 6. The van der Waals surface area contributed by atoms with E-state index in [0.29, 0.717) is 44.6 Å². The normalized spacial score (nSPS) is 13.8. The second-order valence-electron chi connectivity index (χ2n) is 7.78. The van der Waals surface area contributed by atoms with Crippen molar-refractivity contribution >= 4 is 11.8 Å². The van der Waals surface area contributed by atoms with Gasteiger partial charge in [0.1, 0.15) is 12.1 Å². The van der Waals surface area contributed by atoms with Crippen LogP contribution in [0.2, 0.25) is 0 Å². The third-order valence-corrected chi connectivity index (χ3v) is 5.75. The fraction of sp³-hybridized carbons (Fsp3) is 0.348. The quantitative estimate of drug-likeness (QED) is 0.588. The summed E-state index contributed by atoms with van der Waals surface area (Å²) in [5.74, 6) is 0.900. The Labute approximate surface area is 186 Å². The second kappa shape index (κ2) is 9.59. The second-order valence-corrected chi connectivity index (χ2v) is 7.78. The minimum atomic E-state index is -0.0262. The number of amides is 2. The molecule has 3 aromatic rings. The fourth-order valence-electron chi connectivity index (χ4n) is 3.86. The maximum atomic E-state index is 13.0. The molecular weight excluding hydrogens is 408 g/mol. The van der Waals surface area contributed by atoms with Gasteiger partial charge in [-0.05, 0) is 65.2 Å². The Morgan fingerprint density at radius 2 is 1.72 bits per heavy atom. The number of methoxy groups -OCH3 is 1. The number of carbonyl (C=O) groups excluding carboxylic acids is 2. The Morgan fingerprint density at radius 3 is 2.34 bits per heavy atom. The number of hydrogen-bond acceptors (Lipinski definition) is 6. The molecule has 166 valence electrons. The average Bonchev–Trinajstić information content (AvgIpc) is 3.37. The molecular formula is C23H26N6O3. The van der Waals surface area contributed by atoms with Crippen molar-refractivity contribution in [1.82, 2.24) is 30.0 Å². The number of ether oxygens (including phenoxy) is 1. The minimum absolute atomic E-state index is 0.0262. The van der Waals surface area contributed by atoms with E-state index in [2.05, 4.69) is 15.5 Å². The van der Waals surface area contributed by atoms with Crippen molar-refractivity contribution in [3.05, 3.63) is 65.5 Å². The molecule has 0 spiro atoms. The van der Waals surface area contributed by atoms with Crippen LogP contribution >= 0.6 is 0 Å². The zero-order valence-corrected chi connectivity index (χ0v) is 18.3. The smallest absolute Gasteiger partial charge is 0.253 e. The van der Waals surface area contributed by atoms with Gasteiger partial charge in [0, 0.05) is 38.2 Å². The van der Waals surface area contributed by atoms with Gasteiger partial charge in [0.25, 0.3) is 5.91 Å².